The van der Waals surface area contributed by atoms with Gasteiger partial charge in [0.1, 0.15) is 11.8 Å². The van der Waals surface area contributed by atoms with E-state index in [1.807, 2.05) is 54.6 Å². The van der Waals surface area contributed by atoms with Gasteiger partial charge in [0, 0.05) is 21.9 Å². The zero-order valence-corrected chi connectivity index (χ0v) is 25.9. The number of hydrogen-bond donors (Lipinski definition) is 1. The van der Waals surface area contributed by atoms with Gasteiger partial charge in [-0.15, -0.1) is 0 Å². The number of thioether (sulfide) groups is 1. The van der Waals surface area contributed by atoms with Crippen LogP contribution in [-0.2, 0) is 20.9 Å². The van der Waals surface area contributed by atoms with Crippen LogP contribution < -0.4 is 24.6 Å². The number of ether oxygens (including phenoxy) is 2. The maximum absolute atomic E-state index is 14.1. The average molecular weight is 638 g/mol. The molecule has 2 aliphatic heterocycles. The van der Waals surface area contributed by atoms with E-state index in [4.69, 9.17) is 9.47 Å². The summed E-state index contributed by atoms with van der Waals surface area (Å²) in [7, 11) is 3.06. The molecule has 226 valence electrons. The Morgan fingerprint density at radius 3 is 2.36 bits per heavy atom. The van der Waals surface area contributed by atoms with Crippen LogP contribution in [0.25, 0.3) is 10.8 Å². The molecule has 3 heterocycles. The molecule has 3 amide bonds. The fourth-order valence-corrected chi connectivity index (χ4v) is 8.93. The van der Waals surface area contributed by atoms with Crippen LogP contribution in [0, 0.1) is 5.92 Å². The molecule has 0 radical (unpaired) electrons. The molecule has 45 heavy (non-hydrogen) atoms. The average Bonchev–Trinajstić information content (AvgIpc) is 3.51. The normalized spacial score (nSPS) is 18.9. The zero-order valence-electron chi connectivity index (χ0n) is 24.3. The van der Waals surface area contributed by atoms with E-state index in [2.05, 4.69) is 5.32 Å². The van der Waals surface area contributed by atoms with Crippen LogP contribution >= 0.6 is 23.1 Å². The van der Waals surface area contributed by atoms with Crippen molar-refractivity contribution < 1.29 is 23.9 Å². The van der Waals surface area contributed by atoms with Gasteiger partial charge in [-0.3, -0.25) is 23.7 Å². The Bertz CT molecular complexity index is 2030. The van der Waals surface area contributed by atoms with Crippen molar-refractivity contribution in [3.8, 4) is 11.5 Å². The van der Waals surface area contributed by atoms with E-state index in [9.17, 15) is 19.2 Å². The topological polar surface area (TPSA) is 107 Å². The Labute approximate surface area is 266 Å². The minimum Gasteiger partial charge on any atom is -0.493 e. The van der Waals surface area contributed by atoms with Crippen molar-refractivity contribution in [3.63, 3.8) is 0 Å². The van der Waals surface area contributed by atoms with Crippen molar-refractivity contribution in [2.45, 2.75) is 22.7 Å². The first-order valence-electron chi connectivity index (χ1n) is 14.2. The fourth-order valence-electron chi connectivity index (χ4n) is 6.16. The summed E-state index contributed by atoms with van der Waals surface area (Å²) in [4.78, 5) is 56.5. The number of thiazole rings is 1. The van der Waals surface area contributed by atoms with E-state index < -0.39 is 17.1 Å². The maximum atomic E-state index is 14.1. The lowest BCUT2D eigenvalue weighted by Gasteiger charge is -2.31. The highest BCUT2D eigenvalue weighted by Gasteiger charge is 2.57. The van der Waals surface area contributed by atoms with Crippen molar-refractivity contribution in [1.29, 1.82) is 0 Å². The molecule has 0 spiro atoms. The largest absolute Gasteiger partial charge is 0.493 e. The Morgan fingerprint density at radius 2 is 1.58 bits per heavy atom. The van der Waals surface area contributed by atoms with Gasteiger partial charge in [-0.2, -0.15) is 0 Å². The van der Waals surface area contributed by atoms with Crippen molar-refractivity contribution in [3.05, 3.63) is 111 Å². The summed E-state index contributed by atoms with van der Waals surface area (Å²) in [6, 6.07) is 27.6. The Kier molecular flexibility index (Phi) is 7.42. The molecule has 11 heteroatoms. The second-order valence-corrected chi connectivity index (χ2v) is 12.8. The summed E-state index contributed by atoms with van der Waals surface area (Å²) in [5.41, 5.74) is 1.83. The van der Waals surface area contributed by atoms with Crippen LogP contribution in [0.4, 0.5) is 11.4 Å². The number of methoxy groups -OCH3 is 2. The number of amides is 3. The molecule has 4 aromatic carbocycles. The molecule has 1 saturated heterocycles. The molecule has 7 rings (SSSR count). The number of fused-ring (bicyclic) bond motifs is 3. The minimum absolute atomic E-state index is 0.249. The zero-order chi connectivity index (χ0) is 31.2. The highest BCUT2D eigenvalue weighted by molar-refractivity contribution is 8.00. The van der Waals surface area contributed by atoms with Gasteiger partial charge in [0.15, 0.2) is 11.5 Å². The molecule has 9 nitrogen and oxygen atoms in total. The van der Waals surface area contributed by atoms with Crippen molar-refractivity contribution in [2.24, 2.45) is 5.92 Å². The number of aromatic nitrogens is 1. The SMILES string of the molecule is COc1ccc([C@H]2c3sc(=O)n(CC(=O)Nc4cccc5ccccc45)c3SC3C(=O)N(c4ccccc4)C(=O)C32)cc1OC. The monoisotopic (exact) mass is 637 g/mol. The lowest BCUT2D eigenvalue weighted by atomic mass is 9.83. The highest BCUT2D eigenvalue weighted by Crippen LogP contribution is 2.54. The van der Waals surface area contributed by atoms with E-state index in [1.54, 1.807) is 36.4 Å². The second-order valence-electron chi connectivity index (χ2n) is 10.7. The summed E-state index contributed by atoms with van der Waals surface area (Å²) in [5.74, 6) is -1.50. The summed E-state index contributed by atoms with van der Waals surface area (Å²) >= 11 is 2.17. The molecule has 1 fully saturated rings. The molecule has 2 aliphatic rings. The number of nitrogens with zero attached hydrogens (tertiary/aromatic N) is 2. The van der Waals surface area contributed by atoms with E-state index >= 15 is 0 Å². The number of hydrogen-bond acceptors (Lipinski definition) is 8. The van der Waals surface area contributed by atoms with Crippen LogP contribution in [0.1, 0.15) is 16.4 Å². The van der Waals surface area contributed by atoms with Crippen LogP contribution in [-0.4, -0.2) is 41.8 Å². The first-order chi connectivity index (χ1) is 21.9. The Balaban J connectivity index is 1.30. The van der Waals surface area contributed by atoms with E-state index in [0.717, 1.165) is 22.1 Å². The molecular formula is C34H27N3O6S2. The first kappa shape index (κ1) is 28.9. The maximum Gasteiger partial charge on any atom is 0.308 e. The molecule has 0 saturated carbocycles. The van der Waals surface area contributed by atoms with E-state index in [0.29, 0.717) is 38.3 Å². The molecule has 0 bridgehead atoms. The molecule has 0 aliphatic carbocycles. The number of anilines is 2. The van der Waals surface area contributed by atoms with Crippen molar-refractivity contribution >= 4 is 63.0 Å². The Morgan fingerprint density at radius 1 is 0.844 bits per heavy atom. The lowest BCUT2D eigenvalue weighted by molar-refractivity contribution is -0.122. The van der Waals surface area contributed by atoms with Gasteiger partial charge in [0.05, 0.1) is 30.9 Å². The number of benzene rings is 4. The van der Waals surface area contributed by atoms with Gasteiger partial charge >= 0.3 is 4.87 Å². The minimum atomic E-state index is -0.801. The lowest BCUT2D eigenvalue weighted by Crippen LogP contribution is -2.33. The van der Waals surface area contributed by atoms with Crippen LogP contribution in [0.2, 0.25) is 0 Å². The number of carbonyl (C=O) groups excluding carboxylic acids is 3. The smallest absolute Gasteiger partial charge is 0.308 e. The number of imide groups is 1. The van der Waals surface area contributed by atoms with Crippen LogP contribution in [0.3, 0.4) is 0 Å². The number of nitrogens with one attached hydrogen (secondary N) is 1. The third kappa shape index (κ3) is 4.88. The standard InChI is InChI=1S/C34H27N3O6S2/c1-42-24-16-15-20(17-25(24)43-2)27-28-29(32(40)37(31(28)39)21-11-4-3-5-12-21)44-33-30(27)45-34(41)36(33)18-26(38)35-23-14-8-10-19-9-6-7-13-22(19)23/h3-17,27-29H,18H2,1-2H3,(H,35,38)/t27-,28?,29?/m1/s1. The van der Waals surface area contributed by atoms with Gasteiger partial charge in [0.25, 0.3) is 0 Å². The van der Waals surface area contributed by atoms with Crippen molar-refractivity contribution in [2.75, 3.05) is 24.4 Å². The second kappa shape index (κ2) is 11.6. The third-order valence-corrected chi connectivity index (χ3v) is 10.8. The van der Waals surface area contributed by atoms with E-state index in [-0.39, 0.29) is 29.1 Å². The van der Waals surface area contributed by atoms with Crippen molar-refractivity contribution in [1.82, 2.24) is 4.57 Å². The molecule has 5 aromatic rings. The van der Waals surface area contributed by atoms with Gasteiger partial charge < -0.3 is 14.8 Å². The third-order valence-electron chi connectivity index (χ3n) is 8.20. The quantitative estimate of drug-likeness (QED) is 0.235. The number of rotatable bonds is 7. The Hall–Kier alpha value is -4.87. The summed E-state index contributed by atoms with van der Waals surface area (Å²) in [5, 5.41) is 4.53. The molecule has 1 N–H and O–H groups in total. The molecule has 1 aromatic heterocycles. The van der Waals surface area contributed by atoms with Gasteiger partial charge in [0.2, 0.25) is 17.7 Å². The summed E-state index contributed by atoms with van der Waals surface area (Å²) in [6.45, 7) is -0.249. The van der Waals surface area contributed by atoms with Crippen LogP contribution in [0.5, 0.6) is 11.5 Å². The summed E-state index contributed by atoms with van der Waals surface area (Å²) < 4.78 is 12.4. The number of carbonyl (C=O) groups is 3. The predicted octanol–water partition coefficient (Wildman–Crippen LogP) is 5.51. The summed E-state index contributed by atoms with van der Waals surface area (Å²) in [6.07, 6.45) is 0. The highest BCUT2D eigenvalue weighted by atomic mass is 32.2. The molecule has 3 atom stereocenters. The predicted molar refractivity (Wildman–Crippen MR) is 175 cm³/mol. The first-order valence-corrected chi connectivity index (χ1v) is 15.9. The number of para-hydroxylation sites is 1. The molecule has 2 unspecified atom stereocenters. The van der Waals surface area contributed by atoms with Gasteiger partial charge in [-0.05, 0) is 41.3 Å². The van der Waals surface area contributed by atoms with E-state index in [1.165, 1.54) is 35.4 Å². The molecular weight excluding hydrogens is 611 g/mol. The van der Waals surface area contributed by atoms with Gasteiger partial charge in [-0.1, -0.05) is 83.8 Å². The van der Waals surface area contributed by atoms with Crippen LogP contribution in [0.15, 0.2) is 101 Å². The van der Waals surface area contributed by atoms with Gasteiger partial charge in [-0.25, -0.2) is 4.90 Å². The fraction of sp³-hybridized carbons (Fsp3) is 0.176.